The number of anilines is 2. The summed E-state index contributed by atoms with van der Waals surface area (Å²) >= 11 is 0. The third kappa shape index (κ3) is 3.55. The van der Waals surface area contributed by atoms with E-state index in [0.29, 0.717) is 5.69 Å². The molecule has 1 aliphatic heterocycles. The first-order valence-electron chi connectivity index (χ1n) is 8.51. The summed E-state index contributed by atoms with van der Waals surface area (Å²) in [6.45, 7) is 8.06. The molecule has 0 saturated carbocycles. The molecule has 0 bridgehead atoms. The Bertz CT molecular complexity index is 728. The van der Waals surface area contributed by atoms with Crippen molar-refractivity contribution in [2.24, 2.45) is 0 Å². The first kappa shape index (κ1) is 16.4. The standard InChI is InChI=1S/C19H24N4O/c1-13-9-14(2)18(15(3)10-13)22-19(24)16-11-17(21-12-20-16)23-7-5-4-6-8-23/h9-12H,4-8H2,1-3H3,(H,22,24). The van der Waals surface area contributed by atoms with E-state index in [1.807, 2.05) is 13.8 Å². The lowest BCUT2D eigenvalue weighted by Gasteiger charge is -2.27. The number of nitrogens with one attached hydrogen (secondary N) is 1. The predicted octanol–water partition coefficient (Wildman–Crippen LogP) is 3.64. The number of carbonyl (C=O) groups excluding carboxylic acids is 1. The molecule has 1 fully saturated rings. The van der Waals surface area contributed by atoms with Crippen molar-refractivity contribution >= 4 is 17.4 Å². The first-order chi connectivity index (χ1) is 11.5. The minimum Gasteiger partial charge on any atom is -0.357 e. The number of amides is 1. The lowest BCUT2D eigenvalue weighted by atomic mass is 10.0. The highest BCUT2D eigenvalue weighted by molar-refractivity contribution is 6.04. The molecule has 126 valence electrons. The molecule has 0 radical (unpaired) electrons. The Morgan fingerprint density at radius 3 is 2.33 bits per heavy atom. The second-order valence-electron chi connectivity index (χ2n) is 6.54. The number of carbonyl (C=O) groups is 1. The van der Waals surface area contributed by atoms with Crippen LogP contribution >= 0.6 is 0 Å². The SMILES string of the molecule is Cc1cc(C)c(NC(=O)c2cc(N3CCCCC3)ncn2)c(C)c1. The highest BCUT2D eigenvalue weighted by Gasteiger charge is 2.16. The summed E-state index contributed by atoms with van der Waals surface area (Å²) in [7, 11) is 0. The van der Waals surface area contributed by atoms with Gasteiger partial charge in [-0.25, -0.2) is 9.97 Å². The van der Waals surface area contributed by atoms with E-state index in [-0.39, 0.29) is 5.91 Å². The maximum Gasteiger partial charge on any atom is 0.274 e. The number of hydrogen-bond acceptors (Lipinski definition) is 4. The van der Waals surface area contributed by atoms with Gasteiger partial charge in [0.25, 0.3) is 5.91 Å². The molecule has 1 amide bonds. The molecule has 1 saturated heterocycles. The molecule has 1 aromatic heterocycles. The predicted molar refractivity (Wildman–Crippen MR) is 96.7 cm³/mol. The summed E-state index contributed by atoms with van der Waals surface area (Å²) in [5, 5.41) is 3.00. The zero-order chi connectivity index (χ0) is 17.1. The van der Waals surface area contributed by atoms with Crippen LogP contribution in [0.1, 0.15) is 46.4 Å². The molecule has 1 aromatic carbocycles. The smallest absolute Gasteiger partial charge is 0.274 e. The number of rotatable bonds is 3. The molecule has 0 spiro atoms. The van der Waals surface area contributed by atoms with Gasteiger partial charge in [0.1, 0.15) is 17.8 Å². The van der Waals surface area contributed by atoms with Crippen LogP contribution in [-0.4, -0.2) is 29.0 Å². The Balaban J connectivity index is 1.80. The van der Waals surface area contributed by atoms with Crippen LogP contribution in [0.3, 0.4) is 0 Å². The van der Waals surface area contributed by atoms with E-state index in [0.717, 1.165) is 35.7 Å². The lowest BCUT2D eigenvalue weighted by Crippen LogP contribution is -2.30. The van der Waals surface area contributed by atoms with Crippen molar-refractivity contribution in [2.75, 3.05) is 23.3 Å². The summed E-state index contributed by atoms with van der Waals surface area (Å²) < 4.78 is 0. The maximum atomic E-state index is 12.6. The van der Waals surface area contributed by atoms with Gasteiger partial charge < -0.3 is 10.2 Å². The van der Waals surface area contributed by atoms with Crippen molar-refractivity contribution in [1.29, 1.82) is 0 Å². The van der Waals surface area contributed by atoms with Gasteiger partial charge in [0.15, 0.2) is 0 Å². The molecule has 3 rings (SSSR count). The van der Waals surface area contributed by atoms with Crippen molar-refractivity contribution in [1.82, 2.24) is 9.97 Å². The Kier molecular flexibility index (Phi) is 4.79. The maximum absolute atomic E-state index is 12.6. The van der Waals surface area contributed by atoms with Crippen LogP contribution in [0, 0.1) is 20.8 Å². The monoisotopic (exact) mass is 324 g/mol. The van der Waals surface area contributed by atoms with E-state index in [2.05, 4.69) is 39.2 Å². The summed E-state index contributed by atoms with van der Waals surface area (Å²) in [5.74, 6) is 0.651. The number of hydrogen-bond donors (Lipinski definition) is 1. The molecule has 24 heavy (non-hydrogen) atoms. The highest BCUT2D eigenvalue weighted by Crippen LogP contribution is 2.23. The Morgan fingerprint density at radius 1 is 1.00 bits per heavy atom. The molecular weight excluding hydrogens is 300 g/mol. The summed E-state index contributed by atoms with van der Waals surface area (Å²) in [6.07, 6.45) is 5.09. The summed E-state index contributed by atoms with van der Waals surface area (Å²) in [4.78, 5) is 23.3. The van der Waals surface area contributed by atoms with Crippen molar-refractivity contribution in [2.45, 2.75) is 40.0 Å². The molecule has 1 aliphatic rings. The van der Waals surface area contributed by atoms with E-state index in [1.165, 1.54) is 31.2 Å². The fourth-order valence-electron chi connectivity index (χ4n) is 3.32. The molecule has 1 N–H and O–H groups in total. The van der Waals surface area contributed by atoms with Gasteiger partial charge in [0, 0.05) is 24.8 Å². The van der Waals surface area contributed by atoms with Gasteiger partial charge in [0.2, 0.25) is 0 Å². The fraction of sp³-hybridized carbons (Fsp3) is 0.421. The Hall–Kier alpha value is -2.43. The van der Waals surface area contributed by atoms with Crippen LogP contribution in [0.25, 0.3) is 0 Å². The number of nitrogens with zero attached hydrogens (tertiary/aromatic N) is 3. The third-order valence-electron chi connectivity index (χ3n) is 4.48. The second-order valence-corrected chi connectivity index (χ2v) is 6.54. The van der Waals surface area contributed by atoms with E-state index in [1.54, 1.807) is 6.07 Å². The minimum atomic E-state index is -0.189. The van der Waals surface area contributed by atoms with E-state index in [9.17, 15) is 4.79 Å². The molecule has 2 heterocycles. The number of aromatic nitrogens is 2. The van der Waals surface area contributed by atoms with Crippen LogP contribution in [0.5, 0.6) is 0 Å². The average molecular weight is 324 g/mol. The van der Waals surface area contributed by atoms with E-state index < -0.39 is 0 Å². The lowest BCUT2D eigenvalue weighted by molar-refractivity contribution is 0.102. The van der Waals surface area contributed by atoms with Crippen molar-refractivity contribution in [3.63, 3.8) is 0 Å². The molecule has 2 aromatic rings. The minimum absolute atomic E-state index is 0.189. The largest absolute Gasteiger partial charge is 0.357 e. The van der Waals surface area contributed by atoms with Gasteiger partial charge in [-0.3, -0.25) is 4.79 Å². The molecule has 5 nitrogen and oxygen atoms in total. The fourth-order valence-corrected chi connectivity index (χ4v) is 3.32. The highest BCUT2D eigenvalue weighted by atomic mass is 16.1. The topological polar surface area (TPSA) is 58.1 Å². The zero-order valence-electron chi connectivity index (χ0n) is 14.6. The molecular formula is C19H24N4O. The van der Waals surface area contributed by atoms with Gasteiger partial charge in [0.05, 0.1) is 0 Å². The van der Waals surface area contributed by atoms with Crippen molar-refractivity contribution in [3.8, 4) is 0 Å². The molecule has 5 heteroatoms. The Labute approximate surface area is 143 Å². The first-order valence-corrected chi connectivity index (χ1v) is 8.51. The number of aryl methyl sites for hydroxylation is 3. The third-order valence-corrected chi connectivity index (χ3v) is 4.48. The van der Waals surface area contributed by atoms with Crippen molar-refractivity contribution in [3.05, 3.63) is 46.9 Å². The van der Waals surface area contributed by atoms with Gasteiger partial charge >= 0.3 is 0 Å². The van der Waals surface area contributed by atoms with Gasteiger partial charge in [-0.15, -0.1) is 0 Å². The number of piperidine rings is 1. The van der Waals surface area contributed by atoms with Crippen LogP contribution in [0.2, 0.25) is 0 Å². The van der Waals surface area contributed by atoms with E-state index >= 15 is 0 Å². The van der Waals surface area contributed by atoms with Crippen LogP contribution in [0.4, 0.5) is 11.5 Å². The van der Waals surface area contributed by atoms with Crippen LogP contribution < -0.4 is 10.2 Å². The van der Waals surface area contributed by atoms with Gasteiger partial charge in [-0.05, 0) is 51.2 Å². The van der Waals surface area contributed by atoms with Crippen molar-refractivity contribution < 1.29 is 4.79 Å². The van der Waals surface area contributed by atoms with Gasteiger partial charge in [-0.2, -0.15) is 0 Å². The quantitative estimate of drug-likeness (QED) is 0.936. The number of benzene rings is 1. The van der Waals surface area contributed by atoms with Crippen LogP contribution in [-0.2, 0) is 0 Å². The zero-order valence-corrected chi connectivity index (χ0v) is 14.6. The van der Waals surface area contributed by atoms with Crippen LogP contribution in [0.15, 0.2) is 24.5 Å². The normalized spacial score (nSPS) is 14.5. The molecule has 0 atom stereocenters. The van der Waals surface area contributed by atoms with Gasteiger partial charge in [-0.1, -0.05) is 17.7 Å². The summed E-state index contributed by atoms with van der Waals surface area (Å²) in [5.41, 5.74) is 4.59. The molecule has 0 unspecified atom stereocenters. The Morgan fingerprint density at radius 2 is 1.67 bits per heavy atom. The second kappa shape index (κ2) is 6.99. The average Bonchev–Trinajstić information content (AvgIpc) is 2.59. The van der Waals surface area contributed by atoms with E-state index in [4.69, 9.17) is 0 Å². The summed E-state index contributed by atoms with van der Waals surface area (Å²) in [6, 6.07) is 5.93. The molecule has 0 aliphatic carbocycles.